The lowest BCUT2D eigenvalue weighted by molar-refractivity contribution is -0.160. The summed E-state index contributed by atoms with van der Waals surface area (Å²) in [6.07, 6.45) is 2.28. The number of carbonyl (C=O) groups is 1. The summed E-state index contributed by atoms with van der Waals surface area (Å²) in [7, 11) is 1.49. The van der Waals surface area contributed by atoms with Crippen LogP contribution in [0.15, 0.2) is 24.4 Å². The Bertz CT molecular complexity index is 1020. The summed E-state index contributed by atoms with van der Waals surface area (Å²) >= 11 is 0. The third-order valence-electron chi connectivity index (χ3n) is 6.14. The van der Waals surface area contributed by atoms with Gasteiger partial charge in [-0.05, 0) is 58.1 Å². The molecule has 0 bridgehead atoms. The van der Waals surface area contributed by atoms with E-state index in [0.29, 0.717) is 33.8 Å². The maximum absolute atomic E-state index is 15.2. The van der Waals surface area contributed by atoms with Gasteiger partial charge in [0.15, 0.2) is 6.10 Å². The quantitative estimate of drug-likeness (QED) is 0.592. The first-order valence-corrected chi connectivity index (χ1v) is 11.3. The van der Waals surface area contributed by atoms with Crippen LogP contribution in [-0.4, -0.2) is 41.9 Å². The van der Waals surface area contributed by atoms with E-state index in [4.69, 9.17) is 9.47 Å². The van der Waals surface area contributed by atoms with Crippen LogP contribution in [0.3, 0.4) is 0 Å². The van der Waals surface area contributed by atoms with E-state index in [1.807, 2.05) is 20.8 Å². The van der Waals surface area contributed by atoms with Crippen molar-refractivity contribution in [2.24, 2.45) is 5.41 Å². The van der Waals surface area contributed by atoms with Crippen LogP contribution >= 0.6 is 0 Å². The minimum absolute atomic E-state index is 0.193. The highest BCUT2D eigenvalue weighted by Crippen LogP contribution is 2.44. The van der Waals surface area contributed by atoms with Crippen LogP contribution in [0.4, 0.5) is 10.1 Å². The second-order valence-corrected chi connectivity index (χ2v) is 10.5. The molecule has 180 valence electrons. The Morgan fingerprint density at radius 3 is 2.36 bits per heavy atom. The highest BCUT2D eigenvalue weighted by Gasteiger charge is 2.36. The Morgan fingerprint density at radius 2 is 1.85 bits per heavy atom. The number of rotatable bonds is 6. The van der Waals surface area contributed by atoms with E-state index in [2.05, 4.69) is 23.7 Å². The van der Waals surface area contributed by atoms with E-state index in [1.54, 1.807) is 25.3 Å². The molecule has 7 heteroatoms. The first-order valence-electron chi connectivity index (χ1n) is 11.3. The second-order valence-electron chi connectivity index (χ2n) is 10.5. The summed E-state index contributed by atoms with van der Waals surface area (Å²) in [5, 5.41) is 10.1. The summed E-state index contributed by atoms with van der Waals surface area (Å²) in [6, 6.07) is 4.68. The number of piperidine rings is 1. The van der Waals surface area contributed by atoms with Crippen molar-refractivity contribution >= 4 is 11.7 Å². The zero-order chi connectivity index (χ0) is 24.6. The van der Waals surface area contributed by atoms with Crippen molar-refractivity contribution in [2.75, 3.05) is 25.1 Å². The molecule has 3 rings (SSSR count). The number of anilines is 1. The second kappa shape index (κ2) is 9.29. The van der Waals surface area contributed by atoms with Crippen LogP contribution in [0.2, 0.25) is 0 Å². The minimum atomic E-state index is -1.23. The van der Waals surface area contributed by atoms with Crippen molar-refractivity contribution in [1.29, 1.82) is 0 Å². The zero-order valence-corrected chi connectivity index (χ0v) is 20.7. The predicted octanol–water partition coefficient (Wildman–Crippen LogP) is 5.77. The minimum Gasteiger partial charge on any atom is -0.497 e. The monoisotopic (exact) mass is 458 g/mol. The molecule has 0 radical (unpaired) electrons. The van der Waals surface area contributed by atoms with E-state index >= 15 is 4.39 Å². The molecule has 0 amide bonds. The molecule has 1 saturated heterocycles. The van der Waals surface area contributed by atoms with Crippen molar-refractivity contribution in [3.63, 3.8) is 0 Å². The molecule has 0 spiro atoms. The number of benzene rings is 1. The molecule has 1 fully saturated rings. The Morgan fingerprint density at radius 1 is 1.21 bits per heavy atom. The fraction of sp³-hybridized carbons (Fsp3) is 0.538. The van der Waals surface area contributed by atoms with Gasteiger partial charge in [-0.1, -0.05) is 13.8 Å². The average molecular weight is 459 g/mol. The van der Waals surface area contributed by atoms with Gasteiger partial charge in [-0.2, -0.15) is 0 Å². The van der Waals surface area contributed by atoms with Gasteiger partial charge < -0.3 is 19.5 Å². The Kier molecular flexibility index (Phi) is 7.03. The normalized spacial score (nSPS) is 17.0. The van der Waals surface area contributed by atoms with E-state index in [1.165, 1.54) is 13.2 Å². The van der Waals surface area contributed by atoms with Crippen molar-refractivity contribution in [1.82, 2.24) is 4.98 Å². The zero-order valence-electron chi connectivity index (χ0n) is 20.7. The highest BCUT2D eigenvalue weighted by atomic mass is 19.1. The van der Waals surface area contributed by atoms with Crippen LogP contribution < -0.4 is 9.64 Å². The SMILES string of the molecule is COc1ccc(-c2cnc(C)c([C@H](OC(C)(C)C)C(=O)O)c2N2CCC(C)(C)CC2)c(F)c1. The van der Waals surface area contributed by atoms with Gasteiger partial charge in [0, 0.05) is 47.7 Å². The highest BCUT2D eigenvalue weighted by molar-refractivity contribution is 5.86. The Balaban J connectivity index is 2.26. The van der Waals surface area contributed by atoms with Crippen molar-refractivity contribution < 1.29 is 23.8 Å². The van der Waals surface area contributed by atoms with Crippen LogP contribution in [0.25, 0.3) is 11.1 Å². The number of aromatic nitrogens is 1. The maximum Gasteiger partial charge on any atom is 0.337 e. The average Bonchev–Trinajstić information content (AvgIpc) is 2.71. The summed E-state index contributed by atoms with van der Waals surface area (Å²) < 4.78 is 26.4. The maximum atomic E-state index is 15.2. The largest absolute Gasteiger partial charge is 0.497 e. The molecular formula is C26H35FN2O4. The van der Waals surface area contributed by atoms with Gasteiger partial charge in [-0.3, -0.25) is 4.98 Å². The smallest absolute Gasteiger partial charge is 0.337 e. The van der Waals surface area contributed by atoms with Gasteiger partial charge in [0.1, 0.15) is 11.6 Å². The fourth-order valence-corrected chi connectivity index (χ4v) is 4.22. The van der Waals surface area contributed by atoms with Crippen molar-refractivity contribution in [3.8, 4) is 16.9 Å². The van der Waals surface area contributed by atoms with Crippen LogP contribution in [0, 0.1) is 18.2 Å². The molecule has 1 aliphatic rings. The number of aryl methyl sites for hydroxylation is 1. The number of nitrogens with zero attached hydrogens (tertiary/aromatic N) is 2. The predicted molar refractivity (Wildman–Crippen MR) is 127 cm³/mol. The molecule has 0 unspecified atom stereocenters. The van der Waals surface area contributed by atoms with Crippen molar-refractivity contribution in [3.05, 3.63) is 41.5 Å². The number of ether oxygens (including phenoxy) is 2. The summed E-state index contributed by atoms with van der Waals surface area (Å²) in [6.45, 7) is 13.2. The molecule has 2 aromatic rings. The third-order valence-corrected chi connectivity index (χ3v) is 6.14. The number of hydrogen-bond acceptors (Lipinski definition) is 5. The van der Waals surface area contributed by atoms with Gasteiger partial charge >= 0.3 is 5.97 Å². The van der Waals surface area contributed by atoms with Crippen LogP contribution in [0.5, 0.6) is 5.75 Å². The number of pyridine rings is 1. The first kappa shape index (κ1) is 25.0. The van der Waals surface area contributed by atoms with Gasteiger partial charge in [0.25, 0.3) is 0 Å². The summed E-state index contributed by atoms with van der Waals surface area (Å²) in [5.41, 5.74) is 2.12. The Labute approximate surface area is 195 Å². The Hall–Kier alpha value is -2.67. The lowest BCUT2D eigenvalue weighted by Gasteiger charge is -2.41. The number of carboxylic acids is 1. The number of hydrogen-bond donors (Lipinski definition) is 1. The molecule has 1 aliphatic heterocycles. The van der Waals surface area contributed by atoms with E-state index in [-0.39, 0.29) is 5.41 Å². The fourth-order valence-electron chi connectivity index (χ4n) is 4.22. The number of methoxy groups -OCH3 is 1. The van der Waals surface area contributed by atoms with Gasteiger partial charge in [0.05, 0.1) is 18.4 Å². The standard InChI is InChI=1S/C26H35FN2O4/c1-16-21(23(24(30)31)33-25(2,3)4)22(29-12-10-26(5,6)11-13-29)19(15-28-16)18-9-8-17(32-7)14-20(18)27/h8-9,14-15,23H,10-13H2,1-7H3,(H,30,31)/t23-/m0/s1. The molecule has 6 nitrogen and oxygen atoms in total. The van der Waals surface area contributed by atoms with Crippen molar-refractivity contribution in [2.45, 2.75) is 66.1 Å². The lowest BCUT2D eigenvalue weighted by Crippen LogP contribution is -2.39. The number of aliphatic carboxylic acids is 1. The number of carboxylic acid groups (broad SMARTS) is 1. The molecule has 1 atom stereocenters. The van der Waals surface area contributed by atoms with Crippen LogP contribution in [-0.2, 0) is 9.53 Å². The number of halogens is 1. The molecular weight excluding hydrogens is 423 g/mol. The first-order chi connectivity index (χ1) is 15.3. The molecule has 1 aromatic heterocycles. The van der Waals surface area contributed by atoms with E-state index < -0.39 is 23.5 Å². The molecule has 0 saturated carbocycles. The van der Waals surface area contributed by atoms with Gasteiger partial charge in [-0.15, -0.1) is 0 Å². The van der Waals surface area contributed by atoms with Gasteiger partial charge in [-0.25, -0.2) is 9.18 Å². The molecule has 33 heavy (non-hydrogen) atoms. The summed E-state index contributed by atoms with van der Waals surface area (Å²) in [5.74, 6) is -1.13. The molecule has 1 aromatic carbocycles. The van der Waals surface area contributed by atoms with Gasteiger partial charge in [0.2, 0.25) is 0 Å². The topological polar surface area (TPSA) is 71.9 Å². The lowest BCUT2D eigenvalue weighted by atomic mass is 9.82. The van der Waals surface area contributed by atoms with Crippen LogP contribution in [0.1, 0.15) is 64.8 Å². The molecule has 1 N–H and O–H groups in total. The molecule has 2 heterocycles. The van der Waals surface area contributed by atoms with E-state index in [0.717, 1.165) is 25.9 Å². The third kappa shape index (κ3) is 5.64. The van der Waals surface area contributed by atoms with E-state index in [9.17, 15) is 9.90 Å². The summed E-state index contributed by atoms with van der Waals surface area (Å²) in [4.78, 5) is 19.1. The molecule has 0 aliphatic carbocycles.